The van der Waals surface area contributed by atoms with Crippen molar-refractivity contribution in [2.75, 3.05) is 18.0 Å². The van der Waals surface area contributed by atoms with Crippen molar-refractivity contribution in [3.63, 3.8) is 0 Å². The molecule has 1 N–H and O–H groups in total. The molecule has 94 valence electrons. The summed E-state index contributed by atoms with van der Waals surface area (Å²) in [5.74, 6) is 0. The van der Waals surface area contributed by atoms with Crippen LogP contribution in [-0.2, 0) is 6.42 Å². The number of hydrogen-bond acceptors (Lipinski definition) is 2. The highest BCUT2D eigenvalue weighted by molar-refractivity contribution is 5.58. The third kappa shape index (κ3) is 2.81. The molecule has 17 heavy (non-hydrogen) atoms. The number of fused-ring (bicyclic) bond motifs is 1. The zero-order chi connectivity index (χ0) is 12.3. The van der Waals surface area contributed by atoms with Gasteiger partial charge in [-0.15, -0.1) is 0 Å². The molecular weight excluding hydrogens is 208 g/mol. The predicted molar refractivity (Wildman–Crippen MR) is 74.7 cm³/mol. The van der Waals surface area contributed by atoms with E-state index in [9.17, 15) is 0 Å². The third-order valence-electron chi connectivity index (χ3n) is 3.83. The Hall–Kier alpha value is -1.02. The molecule has 1 aliphatic rings. The first kappa shape index (κ1) is 12.4. The van der Waals surface area contributed by atoms with Crippen LogP contribution >= 0.6 is 0 Å². The van der Waals surface area contributed by atoms with Gasteiger partial charge in [-0.25, -0.2) is 0 Å². The molecule has 1 heterocycles. The van der Waals surface area contributed by atoms with Crippen molar-refractivity contribution in [1.82, 2.24) is 5.32 Å². The van der Waals surface area contributed by atoms with Crippen molar-refractivity contribution in [2.24, 2.45) is 0 Å². The second-order valence-corrected chi connectivity index (χ2v) is 5.14. The minimum atomic E-state index is 0.577. The fraction of sp³-hybridized carbons (Fsp3) is 0.600. The van der Waals surface area contributed by atoms with E-state index < -0.39 is 0 Å². The molecule has 0 spiro atoms. The molecule has 0 aliphatic carbocycles. The van der Waals surface area contributed by atoms with Gasteiger partial charge in [0.05, 0.1) is 0 Å². The summed E-state index contributed by atoms with van der Waals surface area (Å²) in [4.78, 5) is 2.53. The minimum Gasteiger partial charge on any atom is -0.367 e. The largest absolute Gasteiger partial charge is 0.367 e. The van der Waals surface area contributed by atoms with Crippen LogP contribution < -0.4 is 10.2 Å². The first-order valence-electron chi connectivity index (χ1n) is 6.80. The summed E-state index contributed by atoms with van der Waals surface area (Å²) in [6, 6.07) is 9.99. The Morgan fingerprint density at radius 3 is 2.82 bits per heavy atom. The van der Waals surface area contributed by atoms with E-state index in [0.29, 0.717) is 12.1 Å². The molecule has 2 nitrogen and oxygen atoms in total. The van der Waals surface area contributed by atoms with Gasteiger partial charge < -0.3 is 10.2 Å². The van der Waals surface area contributed by atoms with Crippen molar-refractivity contribution < 1.29 is 0 Å². The number of nitrogens with zero attached hydrogens (tertiary/aromatic N) is 1. The molecular formula is C15H24N2. The summed E-state index contributed by atoms with van der Waals surface area (Å²) < 4.78 is 0. The van der Waals surface area contributed by atoms with Crippen LogP contribution in [0.15, 0.2) is 24.3 Å². The van der Waals surface area contributed by atoms with Crippen LogP contribution in [0.1, 0.15) is 32.8 Å². The maximum absolute atomic E-state index is 3.60. The molecule has 2 unspecified atom stereocenters. The molecule has 1 aliphatic heterocycles. The highest BCUT2D eigenvalue weighted by atomic mass is 15.2. The quantitative estimate of drug-likeness (QED) is 0.840. The number of hydrogen-bond donors (Lipinski definition) is 1. The predicted octanol–water partition coefficient (Wildman–Crippen LogP) is 2.83. The van der Waals surface area contributed by atoms with E-state index in [0.717, 1.165) is 6.54 Å². The number of nitrogens with one attached hydrogen (secondary N) is 1. The van der Waals surface area contributed by atoms with E-state index >= 15 is 0 Å². The average molecular weight is 232 g/mol. The van der Waals surface area contributed by atoms with Crippen molar-refractivity contribution >= 4 is 5.69 Å². The van der Waals surface area contributed by atoms with Crippen LogP contribution in [0, 0.1) is 0 Å². The van der Waals surface area contributed by atoms with E-state index in [1.165, 1.54) is 30.6 Å². The van der Waals surface area contributed by atoms with Crippen LogP contribution in [0.4, 0.5) is 5.69 Å². The van der Waals surface area contributed by atoms with Crippen molar-refractivity contribution in [1.29, 1.82) is 0 Å². The standard InChI is InChI=1S/C15H24N2/c1-4-12(2)16-11-13(3)17-10-9-14-7-5-6-8-15(14)17/h5-8,12-13,16H,4,9-11H2,1-3H3. The van der Waals surface area contributed by atoms with Crippen LogP contribution in [0.3, 0.4) is 0 Å². The second-order valence-electron chi connectivity index (χ2n) is 5.14. The van der Waals surface area contributed by atoms with E-state index in [-0.39, 0.29) is 0 Å². The normalized spacial score (nSPS) is 17.9. The number of rotatable bonds is 5. The topological polar surface area (TPSA) is 15.3 Å². The van der Waals surface area contributed by atoms with E-state index in [1.54, 1.807) is 0 Å². The molecule has 2 heteroatoms. The van der Waals surface area contributed by atoms with Crippen LogP contribution in [0.2, 0.25) is 0 Å². The van der Waals surface area contributed by atoms with E-state index in [1.807, 2.05) is 0 Å². The zero-order valence-corrected chi connectivity index (χ0v) is 11.2. The summed E-state index contributed by atoms with van der Waals surface area (Å²) in [5, 5.41) is 3.60. The van der Waals surface area contributed by atoms with Crippen LogP contribution in [0.25, 0.3) is 0 Å². The Kier molecular flexibility index (Phi) is 4.06. The lowest BCUT2D eigenvalue weighted by Gasteiger charge is -2.28. The molecule has 0 fully saturated rings. The average Bonchev–Trinajstić information content (AvgIpc) is 2.79. The SMILES string of the molecule is CCC(C)NCC(C)N1CCc2ccccc21. The number of anilines is 1. The molecule has 0 saturated carbocycles. The molecule has 0 radical (unpaired) electrons. The van der Waals surface area contributed by atoms with Gasteiger partial charge in [-0.1, -0.05) is 25.1 Å². The fourth-order valence-electron chi connectivity index (χ4n) is 2.45. The maximum atomic E-state index is 3.60. The molecule has 2 atom stereocenters. The first-order chi connectivity index (χ1) is 8.22. The van der Waals surface area contributed by atoms with Gasteiger partial charge in [-0.3, -0.25) is 0 Å². The fourth-order valence-corrected chi connectivity index (χ4v) is 2.45. The Morgan fingerprint density at radius 2 is 2.06 bits per heavy atom. The van der Waals surface area contributed by atoms with E-state index in [4.69, 9.17) is 0 Å². The van der Waals surface area contributed by atoms with Gasteiger partial charge in [0.2, 0.25) is 0 Å². The summed E-state index contributed by atoms with van der Waals surface area (Å²) in [5.41, 5.74) is 2.94. The second kappa shape index (κ2) is 5.54. The van der Waals surface area contributed by atoms with Gasteiger partial charge >= 0.3 is 0 Å². The van der Waals surface area contributed by atoms with Gasteiger partial charge in [0, 0.05) is 30.9 Å². The molecule has 2 rings (SSSR count). The lowest BCUT2D eigenvalue weighted by molar-refractivity contribution is 0.492. The van der Waals surface area contributed by atoms with E-state index in [2.05, 4.69) is 55.3 Å². The van der Waals surface area contributed by atoms with Crippen molar-refractivity contribution in [3.8, 4) is 0 Å². The van der Waals surface area contributed by atoms with Gasteiger partial charge in [0.1, 0.15) is 0 Å². The molecule has 1 aromatic carbocycles. The summed E-state index contributed by atoms with van der Waals surface area (Å²) >= 11 is 0. The molecule has 0 aromatic heterocycles. The van der Waals surface area contributed by atoms with Gasteiger partial charge in [0.15, 0.2) is 0 Å². The van der Waals surface area contributed by atoms with Crippen molar-refractivity contribution in [3.05, 3.63) is 29.8 Å². The summed E-state index contributed by atoms with van der Waals surface area (Å²) in [7, 11) is 0. The summed E-state index contributed by atoms with van der Waals surface area (Å²) in [6.07, 6.45) is 2.40. The lowest BCUT2D eigenvalue weighted by atomic mass is 10.1. The van der Waals surface area contributed by atoms with Crippen molar-refractivity contribution in [2.45, 2.75) is 45.7 Å². The number of benzene rings is 1. The monoisotopic (exact) mass is 232 g/mol. The molecule has 0 saturated heterocycles. The number of para-hydroxylation sites is 1. The smallest absolute Gasteiger partial charge is 0.0402 e. The zero-order valence-electron chi connectivity index (χ0n) is 11.2. The Balaban J connectivity index is 1.95. The van der Waals surface area contributed by atoms with Crippen LogP contribution in [-0.4, -0.2) is 25.2 Å². The summed E-state index contributed by atoms with van der Waals surface area (Å²) in [6.45, 7) is 9.04. The minimum absolute atomic E-state index is 0.577. The molecule has 0 amide bonds. The van der Waals surface area contributed by atoms with Gasteiger partial charge in [-0.05, 0) is 38.3 Å². The molecule has 1 aromatic rings. The maximum Gasteiger partial charge on any atom is 0.0402 e. The van der Waals surface area contributed by atoms with Gasteiger partial charge in [0.25, 0.3) is 0 Å². The Morgan fingerprint density at radius 1 is 1.29 bits per heavy atom. The Labute approximate surface area is 105 Å². The lowest BCUT2D eigenvalue weighted by Crippen LogP contribution is -2.42. The Bertz CT molecular complexity index is 362. The molecule has 0 bridgehead atoms. The highest BCUT2D eigenvalue weighted by Crippen LogP contribution is 2.28. The highest BCUT2D eigenvalue weighted by Gasteiger charge is 2.22. The first-order valence-corrected chi connectivity index (χ1v) is 6.80. The third-order valence-corrected chi connectivity index (χ3v) is 3.83. The van der Waals surface area contributed by atoms with Crippen LogP contribution in [0.5, 0.6) is 0 Å². The van der Waals surface area contributed by atoms with Gasteiger partial charge in [-0.2, -0.15) is 0 Å².